The molecule has 21 heavy (non-hydrogen) atoms. The maximum atomic E-state index is 6.02. The summed E-state index contributed by atoms with van der Waals surface area (Å²) >= 11 is 9.48. The molecule has 0 saturated carbocycles. The zero-order valence-electron chi connectivity index (χ0n) is 10.8. The predicted molar refractivity (Wildman–Crippen MR) is 90.1 cm³/mol. The number of nitrogens with one attached hydrogen (secondary N) is 1. The van der Waals surface area contributed by atoms with Crippen molar-refractivity contribution in [1.29, 1.82) is 0 Å². The topological polar surface area (TPSA) is 51.2 Å². The molecule has 0 radical (unpaired) electrons. The molecule has 6 heteroatoms. The van der Waals surface area contributed by atoms with Crippen molar-refractivity contribution in [2.24, 2.45) is 5.84 Å². The Hall–Kier alpha value is -1.37. The van der Waals surface area contributed by atoms with Crippen molar-refractivity contribution < 1.29 is 4.42 Å². The van der Waals surface area contributed by atoms with Gasteiger partial charge in [0.2, 0.25) is 0 Å². The smallest absolute Gasteiger partial charge is 0.134 e. The molecule has 0 aliphatic heterocycles. The minimum absolute atomic E-state index is 0.152. The van der Waals surface area contributed by atoms with Crippen LogP contribution >= 0.6 is 34.3 Å². The van der Waals surface area contributed by atoms with E-state index in [0.29, 0.717) is 5.02 Å². The van der Waals surface area contributed by atoms with Gasteiger partial charge in [0, 0.05) is 24.7 Å². The minimum atomic E-state index is -0.152. The third-order valence-electron chi connectivity index (χ3n) is 3.39. The molecule has 0 aliphatic rings. The Labute approximate surface area is 133 Å². The molecule has 1 atom stereocenters. The number of nitrogens with two attached hydrogens (primary N) is 1. The molecule has 0 amide bonds. The lowest BCUT2D eigenvalue weighted by Crippen LogP contribution is -2.27. The molecule has 4 aromatic rings. The van der Waals surface area contributed by atoms with E-state index >= 15 is 0 Å². The minimum Gasteiger partial charge on any atom is -0.459 e. The number of furan rings is 1. The van der Waals surface area contributed by atoms with Crippen molar-refractivity contribution in [2.75, 3.05) is 0 Å². The lowest BCUT2D eigenvalue weighted by Gasteiger charge is -2.10. The van der Waals surface area contributed by atoms with Gasteiger partial charge in [0.1, 0.15) is 17.4 Å². The number of benzene rings is 1. The van der Waals surface area contributed by atoms with Crippen LogP contribution in [0.5, 0.6) is 0 Å². The van der Waals surface area contributed by atoms with E-state index in [1.165, 1.54) is 9.40 Å². The molecule has 3 nitrogen and oxygen atoms in total. The van der Waals surface area contributed by atoms with Crippen molar-refractivity contribution in [3.8, 4) is 0 Å². The largest absolute Gasteiger partial charge is 0.459 e. The fraction of sp³-hybridized carbons (Fsp3) is 0.0667. The first kappa shape index (κ1) is 13.3. The molecule has 3 N–H and O–H groups in total. The Morgan fingerprint density at radius 2 is 2.05 bits per heavy atom. The molecule has 4 rings (SSSR count). The van der Waals surface area contributed by atoms with Crippen LogP contribution in [-0.4, -0.2) is 0 Å². The summed E-state index contributed by atoms with van der Waals surface area (Å²) in [5, 5.41) is 3.78. The highest BCUT2D eigenvalue weighted by Crippen LogP contribution is 2.37. The van der Waals surface area contributed by atoms with Crippen molar-refractivity contribution in [2.45, 2.75) is 6.04 Å². The third kappa shape index (κ3) is 2.27. The van der Waals surface area contributed by atoms with Crippen LogP contribution in [0.1, 0.15) is 16.7 Å². The van der Waals surface area contributed by atoms with Gasteiger partial charge in [-0.25, -0.2) is 5.43 Å². The van der Waals surface area contributed by atoms with Crippen molar-refractivity contribution in [3.63, 3.8) is 0 Å². The molecule has 0 spiro atoms. The standard InChI is InChI=1S/C15H11ClN2OS2/c16-9-1-2-10-8(5-9)6-11(19-10)15(18-17)14-7-13-12(21-14)3-4-20-13/h1-7,15,18H,17H2. The van der Waals surface area contributed by atoms with Crippen LogP contribution in [0.3, 0.4) is 0 Å². The van der Waals surface area contributed by atoms with Gasteiger partial charge in [0.05, 0.1) is 0 Å². The molecule has 106 valence electrons. The summed E-state index contributed by atoms with van der Waals surface area (Å²) < 4.78 is 8.46. The Morgan fingerprint density at radius 1 is 1.14 bits per heavy atom. The van der Waals surface area contributed by atoms with Crippen LogP contribution in [0.25, 0.3) is 20.4 Å². The lowest BCUT2D eigenvalue weighted by atomic mass is 10.2. The van der Waals surface area contributed by atoms with Gasteiger partial charge in [-0.15, -0.1) is 22.7 Å². The van der Waals surface area contributed by atoms with E-state index in [-0.39, 0.29) is 6.04 Å². The van der Waals surface area contributed by atoms with Gasteiger partial charge in [-0.1, -0.05) is 11.6 Å². The Kier molecular flexibility index (Phi) is 3.24. The highest BCUT2D eigenvalue weighted by atomic mass is 35.5. The number of fused-ring (bicyclic) bond motifs is 2. The van der Waals surface area contributed by atoms with Crippen molar-refractivity contribution in [1.82, 2.24) is 5.43 Å². The summed E-state index contributed by atoms with van der Waals surface area (Å²) in [6.45, 7) is 0. The zero-order valence-corrected chi connectivity index (χ0v) is 13.2. The first-order chi connectivity index (χ1) is 10.2. The van der Waals surface area contributed by atoms with E-state index < -0.39 is 0 Å². The normalized spacial score (nSPS) is 13.2. The molecule has 0 fully saturated rings. The SMILES string of the molecule is NNC(c1cc2cc(Cl)ccc2o1)c1cc2sccc2s1. The summed E-state index contributed by atoms with van der Waals surface area (Å²) in [4.78, 5) is 1.14. The van der Waals surface area contributed by atoms with E-state index in [2.05, 4.69) is 22.9 Å². The summed E-state index contributed by atoms with van der Waals surface area (Å²) in [6, 6.07) is 11.7. The van der Waals surface area contributed by atoms with E-state index in [1.54, 1.807) is 22.7 Å². The second kappa shape index (κ2) is 5.12. The first-order valence-electron chi connectivity index (χ1n) is 6.36. The van der Waals surface area contributed by atoms with Gasteiger partial charge in [0.15, 0.2) is 0 Å². The van der Waals surface area contributed by atoms with Gasteiger partial charge >= 0.3 is 0 Å². The van der Waals surface area contributed by atoms with Crippen LogP contribution in [-0.2, 0) is 0 Å². The van der Waals surface area contributed by atoms with Gasteiger partial charge in [-0.05, 0) is 41.8 Å². The molecule has 1 unspecified atom stereocenters. The summed E-state index contributed by atoms with van der Waals surface area (Å²) in [7, 11) is 0. The quantitative estimate of drug-likeness (QED) is 0.413. The van der Waals surface area contributed by atoms with Crippen LogP contribution < -0.4 is 11.3 Å². The predicted octanol–water partition coefficient (Wildman–Crippen LogP) is 4.92. The number of rotatable bonds is 3. The third-order valence-corrected chi connectivity index (χ3v) is 5.78. The molecular formula is C15H11ClN2OS2. The van der Waals surface area contributed by atoms with Crippen LogP contribution in [0, 0.1) is 0 Å². The number of hydrogen-bond acceptors (Lipinski definition) is 5. The van der Waals surface area contributed by atoms with E-state index in [4.69, 9.17) is 21.9 Å². The maximum absolute atomic E-state index is 6.02. The highest BCUT2D eigenvalue weighted by Gasteiger charge is 2.20. The van der Waals surface area contributed by atoms with E-state index in [1.807, 2.05) is 24.3 Å². The van der Waals surface area contributed by atoms with Gasteiger partial charge in [0.25, 0.3) is 0 Å². The van der Waals surface area contributed by atoms with Gasteiger partial charge < -0.3 is 4.42 Å². The van der Waals surface area contributed by atoms with E-state index in [0.717, 1.165) is 21.6 Å². The maximum Gasteiger partial charge on any atom is 0.134 e. The van der Waals surface area contributed by atoms with Crippen LogP contribution in [0.15, 0.2) is 46.2 Å². The van der Waals surface area contributed by atoms with Crippen molar-refractivity contribution in [3.05, 3.63) is 57.4 Å². The molecule has 3 heterocycles. The number of halogens is 1. The van der Waals surface area contributed by atoms with Crippen LogP contribution in [0.2, 0.25) is 5.02 Å². The van der Waals surface area contributed by atoms with Gasteiger partial charge in [-0.3, -0.25) is 5.84 Å². The fourth-order valence-electron chi connectivity index (χ4n) is 2.41. The molecule has 0 aliphatic carbocycles. The van der Waals surface area contributed by atoms with Crippen molar-refractivity contribution >= 4 is 54.6 Å². The average molecular weight is 335 g/mol. The monoisotopic (exact) mass is 334 g/mol. The Balaban J connectivity index is 1.81. The van der Waals surface area contributed by atoms with Crippen LogP contribution in [0.4, 0.5) is 0 Å². The number of thiophene rings is 2. The number of hydrogen-bond donors (Lipinski definition) is 2. The number of hydrazine groups is 1. The van der Waals surface area contributed by atoms with Gasteiger partial charge in [-0.2, -0.15) is 0 Å². The Bertz CT molecular complexity index is 896. The second-order valence-electron chi connectivity index (χ2n) is 4.73. The first-order valence-corrected chi connectivity index (χ1v) is 8.44. The summed E-state index contributed by atoms with van der Waals surface area (Å²) in [6.07, 6.45) is 0. The fourth-order valence-corrected chi connectivity index (χ4v) is 4.78. The summed E-state index contributed by atoms with van der Waals surface area (Å²) in [5.74, 6) is 6.55. The molecular weight excluding hydrogens is 324 g/mol. The van der Waals surface area contributed by atoms with E-state index in [9.17, 15) is 0 Å². The molecule has 0 bridgehead atoms. The lowest BCUT2D eigenvalue weighted by molar-refractivity contribution is 0.481. The average Bonchev–Trinajstić information content (AvgIpc) is 3.12. The Morgan fingerprint density at radius 3 is 2.86 bits per heavy atom. The molecule has 1 aromatic carbocycles. The molecule has 3 aromatic heterocycles. The highest BCUT2D eigenvalue weighted by molar-refractivity contribution is 7.27. The zero-order chi connectivity index (χ0) is 14.4. The second-order valence-corrected chi connectivity index (χ2v) is 7.23. The summed E-state index contributed by atoms with van der Waals surface area (Å²) in [5.41, 5.74) is 3.66. The molecule has 0 saturated heterocycles.